The van der Waals surface area contributed by atoms with Crippen LogP contribution in [0.1, 0.15) is 220 Å². The van der Waals surface area contributed by atoms with E-state index in [9.17, 15) is 19.8 Å². The Labute approximate surface area is 298 Å². The van der Waals surface area contributed by atoms with Crippen molar-refractivity contribution in [2.24, 2.45) is 0 Å². The molecule has 0 aromatic heterocycles. The minimum Gasteiger partial charge on any atom is -0.462 e. The molecular formula is C42H81NO5. The van der Waals surface area contributed by atoms with Gasteiger partial charge >= 0.3 is 5.97 Å². The van der Waals surface area contributed by atoms with Gasteiger partial charge in [0.15, 0.2) is 0 Å². The van der Waals surface area contributed by atoms with Crippen LogP contribution in [0.15, 0.2) is 12.2 Å². The summed E-state index contributed by atoms with van der Waals surface area (Å²) >= 11 is 0. The molecule has 0 aromatic rings. The second-order valence-corrected chi connectivity index (χ2v) is 14.4. The molecule has 0 fully saturated rings. The molecule has 48 heavy (non-hydrogen) atoms. The fraction of sp³-hybridized carbons (Fsp3) is 0.905. The number of rotatable bonds is 37. The Morgan fingerprint density at radius 3 is 1.48 bits per heavy atom. The van der Waals surface area contributed by atoms with Crippen LogP contribution < -0.4 is 5.32 Å². The Morgan fingerprint density at radius 1 is 0.583 bits per heavy atom. The predicted molar refractivity (Wildman–Crippen MR) is 204 cm³/mol. The van der Waals surface area contributed by atoms with Gasteiger partial charge in [0, 0.05) is 6.42 Å². The molecule has 0 aliphatic heterocycles. The minimum atomic E-state index is -0.780. The molecule has 0 heterocycles. The van der Waals surface area contributed by atoms with Gasteiger partial charge < -0.3 is 20.3 Å². The van der Waals surface area contributed by atoms with Gasteiger partial charge in [-0.3, -0.25) is 9.59 Å². The SMILES string of the molecule is CCCCCCCC/C=C\CCCCCC(=O)OC(CCCCCCCCC)CC(=O)NC(CO)C(O)CCCCCCCCCCC. The lowest BCUT2D eigenvalue weighted by atomic mass is 10.0. The maximum Gasteiger partial charge on any atom is 0.306 e. The lowest BCUT2D eigenvalue weighted by Crippen LogP contribution is -2.46. The molecule has 0 aliphatic carbocycles. The Morgan fingerprint density at radius 2 is 1.00 bits per heavy atom. The Kier molecular flexibility index (Phi) is 35.8. The number of esters is 1. The van der Waals surface area contributed by atoms with Gasteiger partial charge in [0.1, 0.15) is 6.10 Å². The van der Waals surface area contributed by atoms with Crippen molar-refractivity contribution in [1.29, 1.82) is 0 Å². The summed E-state index contributed by atoms with van der Waals surface area (Å²) in [7, 11) is 0. The van der Waals surface area contributed by atoms with E-state index in [2.05, 4.69) is 38.2 Å². The lowest BCUT2D eigenvalue weighted by Gasteiger charge is -2.24. The molecule has 0 spiro atoms. The van der Waals surface area contributed by atoms with E-state index in [1.807, 2.05) is 0 Å². The van der Waals surface area contributed by atoms with Crippen molar-refractivity contribution in [2.75, 3.05) is 6.61 Å². The summed E-state index contributed by atoms with van der Waals surface area (Å²) in [6.45, 7) is 6.40. The number of amides is 1. The quantitative estimate of drug-likeness (QED) is 0.0345. The number of carbonyl (C=O) groups excluding carboxylic acids is 2. The zero-order valence-electron chi connectivity index (χ0n) is 32.1. The number of allylic oxidation sites excluding steroid dienone is 2. The van der Waals surface area contributed by atoms with Crippen LogP contribution in [-0.2, 0) is 14.3 Å². The number of hydrogen-bond donors (Lipinski definition) is 3. The van der Waals surface area contributed by atoms with E-state index in [1.54, 1.807) is 0 Å². The van der Waals surface area contributed by atoms with Gasteiger partial charge in [-0.1, -0.05) is 168 Å². The highest BCUT2D eigenvalue weighted by Crippen LogP contribution is 2.17. The van der Waals surface area contributed by atoms with Gasteiger partial charge in [0.25, 0.3) is 0 Å². The van der Waals surface area contributed by atoms with Crippen LogP contribution >= 0.6 is 0 Å². The third-order valence-electron chi connectivity index (χ3n) is 9.59. The molecule has 0 saturated heterocycles. The highest BCUT2D eigenvalue weighted by Gasteiger charge is 2.24. The average Bonchev–Trinajstić information content (AvgIpc) is 3.07. The van der Waals surface area contributed by atoms with Gasteiger partial charge in [0.05, 0.1) is 25.2 Å². The Balaban J connectivity index is 4.50. The van der Waals surface area contributed by atoms with Crippen LogP contribution in [0, 0.1) is 0 Å². The molecule has 6 heteroatoms. The first-order valence-corrected chi connectivity index (χ1v) is 20.9. The van der Waals surface area contributed by atoms with Gasteiger partial charge in [-0.2, -0.15) is 0 Å². The topological polar surface area (TPSA) is 95.9 Å². The summed E-state index contributed by atoms with van der Waals surface area (Å²) in [5, 5.41) is 23.4. The van der Waals surface area contributed by atoms with Crippen LogP contribution in [0.2, 0.25) is 0 Å². The molecule has 0 aromatic carbocycles. The molecule has 0 saturated carbocycles. The van der Waals surface area contributed by atoms with E-state index in [-0.39, 0.29) is 24.9 Å². The second-order valence-electron chi connectivity index (χ2n) is 14.4. The number of unbranched alkanes of at least 4 members (excludes halogenated alkanes) is 23. The summed E-state index contributed by atoms with van der Waals surface area (Å²) in [5.41, 5.74) is 0. The van der Waals surface area contributed by atoms with Crippen LogP contribution in [-0.4, -0.2) is 46.9 Å². The highest BCUT2D eigenvalue weighted by atomic mass is 16.5. The fourth-order valence-corrected chi connectivity index (χ4v) is 6.36. The first-order chi connectivity index (χ1) is 23.5. The van der Waals surface area contributed by atoms with Crippen molar-refractivity contribution in [3.63, 3.8) is 0 Å². The highest BCUT2D eigenvalue weighted by molar-refractivity contribution is 5.77. The van der Waals surface area contributed by atoms with Gasteiger partial charge in [-0.25, -0.2) is 0 Å². The monoisotopic (exact) mass is 680 g/mol. The first-order valence-electron chi connectivity index (χ1n) is 20.9. The van der Waals surface area contributed by atoms with E-state index >= 15 is 0 Å². The largest absolute Gasteiger partial charge is 0.462 e. The molecule has 0 aliphatic rings. The zero-order valence-corrected chi connectivity index (χ0v) is 32.1. The standard InChI is InChI=1S/C42H81NO5/c1-4-7-10-13-16-18-19-20-21-23-26-29-32-35-42(47)48-38(33-30-27-24-15-12-9-6-3)36-41(46)43-39(37-44)40(45)34-31-28-25-22-17-14-11-8-5-2/h20-21,38-40,44-45H,4-19,22-37H2,1-3H3,(H,43,46)/b21-20-. The van der Waals surface area contributed by atoms with E-state index in [4.69, 9.17) is 4.74 Å². The third-order valence-corrected chi connectivity index (χ3v) is 9.59. The van der Waals surface area contributed by atoms with Crippen LogP contribution in [0.4, 0.5) is 0 Å². The summed E-state index contributed by atoms with van der Waals surface area (Å²) < 4.78 is 5.84. The molecule has 0 rings (SSSR count). The third kappa shape index (κ3) is 31.8. The maximum atomic E-state index is 13.0. The molecule has 3 unspecified atom stereocenters. The summed E-state index contributed by atoms with van der Waals surface area (Å²) in [4.78, 5) is 25.7. The average molecular weight is 680 g/mol. The van der Waals surface area contributed by atoms with E-state index < -0.39 is 18.2 Å². The summed E-state index contributed by atoms with van der Waals surface area (Å²) in [6, 6.07) is -0.693. The first kappa shape index (κ1) is 46.6. The summed E-state index contributed by atoms with van der Waals surface area (Å²) in [5.74, 6) is -0.493. The van der Waals surface area contributed by atoms with Crippen molar-refractivity contribution in [3.05, 3.63) is 12.2 Å². The van der Waals surface area contributed by atoms with Crippen molar-refractivity contribution >= 4 is 11.9 Å². The van der Waals surface area contributed by atoms with Crippen molar-refractivity contribution in [3.8, 4) is 0 Å². The van der Waals surface area contributed by atoms with Crippen LogP contribution in [0.25, 0.3) is 0 Å². The van der Waals surface area contributed by atoms with E-state index in [0.29, 0.717) is 19.3 Å². The molecule has 0 bridgehead atoms. The number of ether oxygens (including phenoxy) is 1. The van der Waals surface area contributed by atoms with Crippen molar-refractivity contribution in [1.82, 2.24) is 5.32 Å². The Bertz CT molecular complexity index is 727. The second kappa shape index (κ2) is 36.9. The van der Waals surface area contributed by atoms with Gasteiger partial charge in [-0.15, -0.1) is 0 Å². The molecule has 3 N–H and O–H groups in total. The maximum absolute atomic E-state index is 13.0. The number of aliphatic hydroxyl groups is 2. The van der Waals surface area contributed by atoms with Crippen LogP contribution in [0.5, 0.6) is 0 Å². The van der Waals surface area contributed by atoms with Crippen molar-refractivity contribution < 1.29 is 24.5 Å². The molecular weight excluding hydrogens is 598 g/mol. The number of hydrogen-bond acceptors (Lipinski definition) is 5. The molecule has 6 nitrogen and oxygen atoms in total. The molecule has 3 atom stereocenters. The summed E-state index contributed by atoms with van der Waals surface area (Å²) in [6.07, 6.45) is 37.1. The lowest BCUT2D eigenvalue weighted by molar-refractivity contribution is -0.151. The number of aliphatic hydroxyl groups excluding tert-OH is 2. The molecule has 0 radical (unpaired) electrons. The number of nitrogens with one attached hydrogen (secondary N) is 1. The van der Waals surface area contributed by atoms with Gasteiger partial charge in [0.2, 0.25) is 5.91 Å². The van der Waals surface area contributed by atoms with E-state index in [0.717, 1.165) is 64.2 Å². The smallest absolute Gasteiger partial charge is 0.306 e. The van der Waals surface area contributed by atoms with Gasteiger partial charge in [-0.05, 0) is 51.4 Å². The van der Waals surface area contributed by atoms with Crippen LogP contribution in [0.3, 0.4) is 0 Å². The molecule has 1 amide bonds. The van der Waals surface area contributed by atoms with Crippen molar-refractivity contribution in [2.45, 2.75) is 238 Å². The zero-order chi connectivity index (χ0) is 35.3. The normalized spacial score (nSPS) is 13.5. The van der Waals surface area contributed by atoms with E-state index in [1.165, 1.54) is 109 Å². The fourth-order valence-electron chi connectivity index (χ4n) is 6.36. The molecule has 284 valence electrons. The minimum absolute atomic E-state index is 0.0756. The Hall–Kier alpha value is -1.40. The predicted octanol–water partition coefficient (Wildman–Crippen LogP) is 11.4. The number of carbonyl (C=O) groups is 2.